The Kier molecular flexibility index (Phi) is 5.62. The highest BCUT2D eigenvalue weighted by Crippen LogP contribution is 2.73. The molecule has 4 aliphatic carbocycles. The highest BCUT2D eigenvalue weighted by atomic mass is 16.5. The molecule has 0 radical (unpaired) electrons. The van der Waals surface area contributed by atoms with Crippen molar-refractivity contribution in [3.63, 3.8) is 0 Å². The lowest BCUT2D eigenvalue weighted by Gasteiger charge is -2.63. The SMILES string of the molecule is CC(C)(O)[C@H]1OC[C@@H]([C@@H]2CC[C@]3(C)C4=CC[C@H]5C(C)(C)C(=O)CC[C@]5(C)[C@H]4CC[C@@]23C)C[C@@H]1O. The van der Waals surface area contributed by atoms with Crippen molar-refractivity contribution in [1.82, 2.24) is 0 Å². The number of aliphatic hydroxyl groups excluding tert-OH is 1. The second-order valence-electron chi connectivity index (χ2n) is 14.6. The van der Waals surface area contributed by atoms with Gasteiger partial charge in [0.05, 0.1) is 18.3 Å². The predicted octanol–water partition coefficient (Wildman–Crippen LogP) is 5.70. The highest BCUT2D eigenvalue weighted by molar-refractivity contribution is 5.85. The fourth-order valence-corrected chi connectivity index (χ4v) is 10.1. The summed E-state index contributed by atoms with van der Waals surface area (Å²) < 4.78 is 6.12. The second kappa shape index (κ2) is 7.65. The molecule has 0 aromatic carbocycles. The van der Waals surface area contributed by atoms with E-state index in [2.05, 4.69) is 40.7 Å². The summed E-state index contributed by atoms with van der Waals surface area (Å²) >= 11 is 0. The molecular formula is C30H48O4. The number of hydrogen-bond donors (Lipinski definition) is 2. The van der Waals surface area contributed by atoms with Crippen LogP contribution in [0.1, 0.15) is 99.8 Å². The second-order valence-corrected chi connectivity index (χ2v) is 14.6. The number of rotatable bonds is 2. The molecule has 4 heteroatoms. The predicted molar refractivity (Wildman–Crippen MR) is 134 cm³/mol. The van der Waals surface area contributed by atoms with Crippen molar-refractivity contribution in [2.45, 2.75) is 118 Å². The van der Waals surface area contributed by atoms with E-state index >= 15 is 0 Å². The van der Waals surface area contributed by atoms with E-state index < -0.39 is 17.8 Å². The Hall–Kier alpha value is -0.710. The zero-order valence-corrected chi connectivity index (χ0v) is 22.6. The van der Waals surface area contributed by atoms with Crippen molar-refractivity contribution in [1.29, 1.82) is 0 Å². The van der Waals surface area contributed by atoms with Gasteiger partial charge in [0, 0.05) is 11.8 Å². The van der Waals surface area contributed by atoms with Gasteiger partial charge in [0.1, 0.15) is 11.9 Å². The van der Waals surface area contributed by atoms with Crippen LogP contribution in [-0.2, 0) is 9.53 Å². The number of carbonyl (C=O) groups is 1. The van der Waals surface area contributed by atoms with Crippen molar-refractivity contribution in [3.8, 4) is 0 Å². The van der Waals surface area contributed by atoms with Crippen LogP contribution in [0.3, 0.4) is 0 Å². The summed E-state index contributed by atoms with van der Waals surface area (Å²) in [5.74, 6) is 2.37. The van der Waals surface area contributed by atoms with Gasteiger partial charge in [-0.15, -0.1) is 0 Å². The summed E-state index contributed by atoms with van der Waals surface area (Å²) in [5.41, 5.74) is 1.05. The largest absolute Gasteiger partial charge is 0.390 e. The molecule has 5 rings (SSSR count). The van der Waals surface area contributed by atoms with Gasteiger partial charge in [0.2, 0.25) is 0 Å². The molecule has 0 spiro atoms. The number of fused-ring (bicyclic) bond motifs is 5. The van der Waals surface area contributed by atoms with Crippen LogP contribution in [0, 0.1) is 45.3 Å². The monoisotopic (exact) mass is 472 g/mol. The molecule has 5 aliphatic rings. The van der Waals surface area contributed by atoms with Crippen LogP contribution >= 0.6 is 0 Å². The summed E-state index contributed by atoms with van der Waals surface area (Å²) in [5, 5.41) is 21.3. The number of allylic oxidation sites excluding steroid dienone is 2. The third kappa shape index (κ3) is 3.23. The molecule has 0 amide bonds. The number of hydrogen-bond acceptors (Lipinski definition) is 4. The Morgan fingerprint density at radius 2 is 1.76 bits per heavy atom. The molecule has 34 heavy (non-hydrogen) atoms. The fraction of sp³-hybridized carbons (Fsp3) is 0.900. The Morgan fingerprint density at radius 3 is 2.41 bits per heavy atom. The average molecular weight is 473 g/mol. The molecule has 0 aromatic heterocycles. The van der Waals surface area contributed by atoms with Crippen LogP contribution in [0.2, 0.25) is 0 Å². The molecule has 192 valence electrons. The van der Waals surface area contributed by atoms with Crippen molar-refractivity contribution < 1.29 is 19.7 Å². The first kappa shape index (κ1) is 25.0. The standard InChI is InChI=1S/C30H48O4/c1-26(2)23-9-8-21-20(28(23,5)13-12-24(26)32)11-15-29(6)19(10-14-30(21,29)7)18-16-22(31)25(34-17-18)27(3,4)33/h8,18-20,22-23,25,31,33H,9-17H2,1-7H3/t18-,19-,20-,22-,23-,25-,28+,29-,30+/m0/s1. The van der Waals surface area contributed by atoms with Crippen LogP contribution in [-0.4, -0.2) is 40.4 Å². The van der Waals surface area contributed by atoms with Crippen LogP contribution in [0.15, 0.2) is 11.6 Å². The molecule has 1 aliphatic heterocycles. The minimum absolute atomic E-state index is 0.179. The minimum atomic E-state index is -1.02. The fourth-order valence-electron chi connectivity index (χ4n) is 10.1. The van der Waals surface area contributed by atoms with Crippen molar-refractivity contribution >= 4 is 5.78 Å². The van der Waals surface area contributed by atoms with E-state index in [-0.39, 0.29) is 21.7 Å². The summed E-state index contributed by atoms with van der Waals surface area (Å²) in [7, 11) is 0. The van der Waals surface area contributed by atoms with E-state index in [1.54, 1.807) is 19.4 Å². The third-order valence-electron chi connectivity index (χ3n) is 12.3. The molecule has 1 saturated heterocycles. The molecule has 3 saturated carbocycles. The van der Waals surface area contributed by atoms with Gasteiger partial charge in [0.25, 0.3) is 0 Å². The van der Waals surface area contributed by atoms with Crippen molar-refractivity contribution in [3.05, 3.63) is 11.6 Å². The molecule has 4 nitrogen and oxygen atoms in total. The Morgan fingerprint density at radius 1 is 1.06 bits per heavy atom. The Balaban J connectivity index is 1.43. The third-order valence-corrected chi connectivity index (χ3v) is 12.3. The van der Waals surface area contributed by atoms with Crippen LogP contribution in [0.5, 0.6) is 0 Å². The van der Waals surface area contributed by atoms with E-state index in [0.29, 0.717) is 36.1 Å². The van der Waals surface area contributed by atoms with Gasteiger partial charge in [0.15, 0.2) is 0 Å². The van der Waals surface area contributed by atoms with Gasteiger partial charge < -0.3 is 14.9 Å². The number of Topliss-reactive ketones (excluding diaryl/α,β-unsaturated/α-hetero) is 1. The van der Waals surface area contributed by atoms with Gasteiger partial charge in [-0.2, -0.15) is 0 Å². The lowest BCUT2D eigenvalue weighted by atomic mass is 9.41. The lowest BCUT2D eigenvalue weighted by molar-refractivity contribution is -0.187. The molecule has 4 fully saturated rings. The molecule has 1 heterocycles. The molecule has 0 unspecified atom stereocenters. The summed E-state index contributed by atoms with van der Waals surface area (Å²) in [6.45, 7) is 16.1. The Labute approximate surface area is 206 Å². The Bertz CT molecular complexity index is 883. The van der Waals surface area contributed by atoms with Gasteiger partial charge in [-0.3, -0.25) is 4.79 Å². The van der Waals surface area contributed by atoms with E-state index in [9.17, 15) is 15.0 Å². The maximum Gasteiger partial charge on any atom is 0.138 e. The summed E-state index contributed by atoms with van der Waals surface area (Å²) in [6, 6.07) is 0. The number of ether oxygens (including phenoxy) is 1. The van der Waals surface area contributed by atoms with Crippen LogP contribution in [0.25, 0.3) is 0 Å². The number of carbonyl (C=O) groups excluding carboxylic acids is 1. The number of aliphatic hydroxyl groups is 2. The van der Waals surface area contributed by atoms with Crippen LogP contribution in [0.4, 0.5) is 0 Å². The number of ketones is 1. The maximum atomic E-state index is 12.8. The van der Waals surface area contributed by atoms with E-state index in [4.69, 9.17) is 4.74 Å². The zero-order chi connectivity index (χ0) is 24.9. The van der Waals surface area contributed by atoms with Crippen LogP contribution < -0.4 is 0 Å². The molecular weight excluding hydrogens is 424 g/mol. The van der Waals surface area contributed by atoms with Gasteiger partial charge in [-0.25, -0.2) is 0 Å². The van der Waals surface area contributed by atoms with Gasteiger partial charge in [-0.1, -0.05) is 46.3 Å². The topological polar surface area (TPSA) is 66.8 Å². The van der Waals surface area contributed by atoms with Gasteiger partial charge in [-0.05, 0) is 98.7 Å². The van der Waals surface area contributed by atoms with E-state index in [1.165, 1.54) is 25.7 Å². The first-order valence-electron chi connectivity index (χ1n) is 13.9. The first-order chi connectivity index (χ1) is 15.7. The first-order valence-corrected chi connectivity index (χ1v) is 13.9. The summed E-state index contributed by atoms with van der Waals surface area (Å²) in [6.07, 6.45) is 9.84. The average Bonchev–Trinajstić information content (AvgIpc) is 3.02. The maximum absolute atomic E-state index is 12.8. The highest BCUT2D eigenvalue weighted by Gasteiger charge is 2.66. The van der Waals surface area contributed by atoms with E-state index in [0.717, 1.165) is 25.7 Å². The van der Waals surface area contributed by atoms with Crippen molar-refractivity contribution in [2.24, 2.45) is 45.3 Å². The zero-order valence-electron chi connectivity index (χ0n) is 22.6. The summed E-state index contributed by atoms with van der Waals surface area (Å²) in [4.78, 5) is 12.8. The molecule has 9 atom stereocenters. The molecule has 0 bridgehead atoms. The normalized spacial score (nSPS) is 50.7. The van der Waals surface area contributed by atoms with Gasteiger partial charge >= 0.3 is 0 Å². The quantitative estimate of drug-likeness (QED) is 0.506. The molecule has 0 aromatic rings. The van der Waals surface area contributed by atoms with E-state index in [1.807, 2.05) is 0 Å². The lowest BCUT2D eigenvalue weighted by Crippen LogP contribution is -2.58. The smallest absolute Gasteiger partial charge is 0.138 e. The van der Waals surface area contributed by atoms with Crippen molar-refractivity contribution in [2.75, 3.05) is 6.61 Å². The minimum Gasteiger partial charge on any atom is -0.390 e. The molecule has 2 N–H and O–H groups in total.